The van der Waals surface area contributed by atoms with Crippen LogP contribution < -0.4 is 10.5 Å². The number of aromatic nitrogens is 2. The largest absolute Gasteiger partial charge is 0.475 e. The molecule has 0 amide bonds. The van der Waals surface area contributed by atoms with Crippen LogP contribution in [0.4, 0.5) is 0 Å². The Kier molecular flexibility index (Phi) is 1.14. The molecule has 0 radical (unpaired) electrons. The standard InChI is InChI=1S/C6H9N3O/c7-3-5-4-10-6-1-2-8-9(5)6/h1-2,5H,3-4,7H2. The number of hydrogen-bond acceptors (Lipinski definition) is 3. The van der Waals surface area contributed by atoms with Gasteiger partial charge in [-0.15, -0.1) is 0 Å². The summed E-state index contributed by atoms with van der Waals surface area (Å²) >= 11 is 0. The molecular formula is C6H9N3O. The van der Waals surface area contributed by atoms with Crippen LogP contribution in [-0.4, -0.2) is 22.9 Å². The molecular weight excluding hydrogens is 130 g/mol. The van der Waals surface area contributed by atoms with E-state index in [1.807, 2.05) is 10.7 Å². The SMILES string of the molecule is NCC1COc2ccnn21. The van der Waals surface area contributed by atoms with Gasteiger partial charge in [0.15, 0.2) is 0 Å². The summed E-state index contributed by atoms with van der Waals surface area (Å²) in [6, 6.07) is 2.08. The maximum absolute atomic E-state index is 5.47. The van der Waals surface area contributed by atoms with Gasteiger partial charge >= 0.3 is 0 Å². The molecule has 0 saturated carbocycles. The van der Waals surface area contributed by atoms with Crippen LogP contribution >= 0.6 is 0 Å². The van der Waals surface area contributed by atoms with Crippen LogP contribution in [-0.2, 0) is 0 Å². The first-order valence-electron chi connectivity index (χ1n) is 3.28. The molecule has 0 bridgehead atoms. The molecule has 1 atom stereocenters. The number of fused-ring (bicyclic) bond motifs is 1. The van der Waals surface area contributed by atoms with Gasteiger partial charge < -0.3 is 10.5 Å². The summed E-state index contributed by atoms with van der Waals surface area (Å²) in [6.07, 6.45) is 1.72. The minimum absolute atomic E-state index is 0.241. The van der Waals surface area contributed by atoms with Gasteiger partial charge in [0.1, 0.15) is 12.6 Å². The fourth-order valence-electron chi connectivity index (χ4n) is 1.11. The van der Waals surface area contributed by atoms with Crippen molar-refractivity contribution in [3.8, 4) is 5.88 Å². The highest BCUT2D eigenvalue weighted by atomic mass is 16.5. The van der Waals surface area contributed by atoms with Crippen molar-refractivity contribution >= 4 is 0 Å². The van der Waals surface area contributed by atoms with Gasteiger partial charge in [-0.1, -0.05) is 0 Å². The lowest BCUT2D eigenvalue weighted by atomic mass is 10.3. The Morgan fingerprint density at radius 1 is 1.90 bits per heavy atom. The highest BCUT2D eigenvalue weighted by Crippen LogP contribution is 2.22. The Hall–Kier alpha value is -1.03. The molecule has 2 N–H and O–H groups in total. The van der Waals surface area contributed by atoms with Gasteiger partial charge in [-0.3, -0.25) is 0 Å². The summed E-state index contributed by atoms with van der Waals surface area (Å²) < 4.78 is 7.08. The van der Waals surface area contributed by atoms with Crippen LogP contribution in [0.3, 0.4) is 0 Å². The molecule has 54 valence electrons. The maximum atomic E-state index is 5.47. The van der Waals surface area contributed by atoms with E-state index in [-0.39, 0.29) is 6.04 Å². The van der Waals surface area contributed by atoms with Gasteiger partial charge in [0.25, 0.3) is 0 Å². The van der Waals surface area contributed by atoms with Gasteiger partial charge in [-0.2, -0.15) is 5.10 Å². The summed E-state index contributed by atoms with van der Waals surface area (Å²) in [4.78, 5) is 0. The Balaban J connectivity index is 2.34. The number of nitrogens with zero attached hydrogens (tertiary/aromatic N) is 2. The third-order valence-electron chi connectivity index (χ3n) is 1.68. The fourth-order valence-corrected chi connectivity index (χ4v) is 1.11. The van der Waals surface area contributed by atoms with Crippen LogP contribution in [0.5, 0.6) is 5.88 Å². The highest BCUT2D eigenvalue weighted by molar-refractivity contribution is 5.12. The fraction of sp³-hybridized carbons (Fsp3) is 0.500. The monoisotopic (exact) mass is 139 g/mol. The number of rotatable bonds is 1. The van der Waals surface area contributed by atoms with Gasteiger partial charge in [-0.05, 0) is 0 Å². The molecule has 0 aromatic carbocycles. The lowest BCUT2D eigenvalue weighted by Gasteiger charge is -2.02. The van der Waals surface area contributed by atoms with Crippen molar-refractivity contribution in [2.75, 3.05) is 13.2 Å². The molecule has 1 aliphatic rings. The summed E-state index contributed by atoms with van der Waals surface area (Å²) in [5.41, 5.74) is 5.47. The Morgan fingerprint density at radius 2 is 2.80 bits per heavy atom. The van der Waals surface area contributed by atoms with E-state index in [4.69, 9.17) is 10.5 Å². The highest BCUT2D eigenvalue weighted by Gasteiger charge is 2.21. The van der Waals surface area contributed by atoms with Crippen molar-refractivity contribution in [1.82, 2.24) is 9.78 Å². The lowest BCUT2D eigenvalue weighted by molar-refractivity contribution is 0.327. The average molecular weight is 139 g/mol. The minimum Gasteiger partial charge on any atom is -0.475 e. The molecule has 1 aliphatic heterocycles. The molecule has 0 spiro atoms. The summed E-state index contributed by atoms with van der Waals surface area (Å²) in [5, 5.41) is 4.06. The van der Waals surface area contributed by atoms with Crippen molar-refractivity contribution in [3.63, 3.8) is 0 Å². The average Bonchev–Trinajstić information content (AvgIpc) is 2.44. The molecule has 4 heteroatoms. The molecule has 10 heavy (non-hydrogen) atoms. The molecule has 0 aliphatic carbocycles. The van der Waals surface area contributed by atoms with Gasteiger partial charge in [0.2, 0.25) is 5.88 Å². The van der Waals surface area contributed by atoms with Crippen molar-refractivity contribution in [1.29, 1.82) is 0 Å². The van der Waals surface area contributed by atoms with Crippen molar-refractivity contribution in [2.45, 2.75) is 6.04 Å². The Labute approximate surface area is 58.6 Å². The quantitative estimate of drug-likeness (QED) is 0.585. The number of hydrogen-bond donors (Lipinski definition) is 1. The molecule has 1 aromatic heterocycles. The number of ether oxygens (including phenoxy) is 1. The van der Waals surface area contributed by atoms with Gasteiger partial charge in [0, 0.05) is 12.6 Å². The van der Waals surface area contributed by atoms with Gasteiger partial charge in [-0.25, -0.2) is 4.68 Å². The minimum atomic E-state index is 0.241. The molecule has 1 aromatic rings. The smallest absolute Gasteiger partial charge is 0.212 e. The topological polar surface area (TPSA) is 53.1 Å². The summed E-state index contributed by atoms with van der Waals surface area (Å²) in [5.74, 6) is 0.829. The third-order valence-corrected chi connectivity index (χ3v) is 1.68. The Bertz CT molecular complexity index is 233. The molecule has 2 rings (SSSR count). The third kappa shape index (κ3) is 0.623. The predicted molar refractivity (Wildman–Crippen MR) is 35.8 cm³/mol. The second kappa shape index (κ2) is 1.98. The molecule has 0 saturated heterocycles. The molecule has 4 nitrogen and oxygen atoms in total. The molecule has 2 heterocycles. The second-order valence-electron chi connectivity index (χ2n) is 2.31. The van der Waals surface area contributed by atoms with E-state index in [2.05, 4.69) is 5.10 Å². The zero-order valence-corrected chi connectivity index (χ0v) is 5.53. The lowest BCUT2D eigenvalue weighted by Crippen LogP contribution is -2.19. The van der Waals surface area contributed by atoms with E-state index < -0.39 is 0 Å². The van der Waals surface area contributed by atoms with Crippen LogP contribution in [0, 0.1) is 0 Å². The van der Waals surface area contributed by atoms with Crippen molar-refractivity contribution < 1.29 is 4.74 Å². The maximum Gasteiger partial charge on any atom is 0.212 e. The first-order valence-corrected chi connectivity index (χ1v) is 3.28. The van der Waals surface area contributed by atoms with Gasteiger partial charge in [0.05, 0.1) is 6.20 Å². The van der Waals surface area contributed by atoms with E-state index in [0.29, 0.717) is 13.2 Å². The zero-order valence-electron chi connectivity index (χ0n) is 5.53. The normalized spacial score (nSPS) is 22.3. The van der Waals surface area contributed by atoms with E-state index in [0.717, 1.165) is 5.88 Å². The van der Waals surface area contributed by atoms with Crippen molar-refractivity contribution in [2.24, 2.45) is 5.73 Å². The summed E-state index contributed by atoms with van der Waals surface area (Å²) in [7, 11) is 0. The van der Waals surface area contributed by atoms with E-state index in [1.54, 1.807) is 6.20 Å². The first kappa shape index (κ1) is 5.73. The van der Waals surface area contributed by atoms with Crippen LogP contribution in [0.1, 0.15) is 6.04 Å². The van der Waals surface area contributed by atoms with Crippen LogP contribution in [0.2, 0.25) is 0 Å². The van der Waals surface area contributed by atoms with Crippen LogP contribution in [0.25, 0.3) is 0 Å². The molecule has 1 unspecified atom stereocenters. The zero-order chi connectivity index (χ0) is 6.97. The predicted octanol–water partition coefficient (Wildman–Crippen LogP) is -0.225. The Morgan fingerprint density at radius 3 is 3.60 bits per heavy atom. The van der Waals surface area contributed by atoms with E-state index >= 15 is 0 Å². The second-order valence-corrected chi connectivity index (χ2v) is 2.31. The van der Waals surface area contributed by atoms with E-state index in [9.17, 15) is 0 Å². The van der Waals surface area contributed by atoms with Crippen molar-refractivity contribution in [3.05, 3.63) is 12.3 Å². The molecule has 0 fully saturated rings. The van der Waals surface area contributed by atoms with Crippen LogP contribution in [0.15, 0.2) is 12.3 Å². The first-order chi connectivity index (χ1) is 4.92. The summed E-state index contributed by atoms with van der Waals surface area (Å²) in [6.45, 7) is 1.26. The van der Waals surface area contributed by atoms with E-state index in [1.165, 1.54) is 0 Å². The number of nitrogens with two attached hydrogens (primary N) is 1.